The minimum Gasteiger partial charge on any atom is -0.508 e. The molecule has 0 bridgehead atoms. The van der Waals surface area contributed by atoms with Crippen LogP contribution in [-0.2, 0) is 6.54 Å². The fraction of sp³-hybridized carbons (Fsp3) is 0.600. The molecule has 1 aromatic carbocycles. The van der Waals surface area contributed by atoms with E-state index in [0.29, 0.717) is 18.1 Å². The topological polar surface area (TPSA) is 52.5 Å². The van der Waals surface area contributed by atoms with Crippen LogP contribution in [0, 0.1) is 5.92 Å². The third kappa shape index (κ3) is 4.10. The predicted octanol–water partition coefficient (Wildman–Crippen LogP) is 3.08. The third-order valence-corrected chi connectivity index (χ3v) is 4.25. The van der Waals surface area contributed by atoms with Crippen molar-refractivity contribution in [3.8, 4) is 5.75 Å². The molecular formula is C15H22ClNO2. The molecule has 1 aliphatic carbocycles. The summed E-state index contributed by atoms with van der Waals surface area (Å²) in [5.74, 6) is 0.957. The molecule has 3 N–H and O–H groups in total. The van der Waals surface area contributed by atoms with Crippen LogP contribution in [0.3, 0.4) is 0 Å². The van der Waals surface area contributed by atoms with Crippen LogP contribution in [0.15, 0.2) is 18.2 Å². The first-order valence-corrected chi connectivity index (χ1v) is 7.27. The Hall–Kier alpha value is -0.770. The van der Waals surface area contributed by atoms with Crippen molar-refractivity contribution in [3.05, 3.63) is 28.8 Å². The molecule has 0 aliphatic heterocycles. The number of aromatic hydroxyl groups is 1. The second-order valence-electron chi connectivity index (χ2n) is 5.78. The minimum absolute atomic E-state index is 0.237. The summed E-state index contributed by atoms with van der Waals surface area (Å²) in [6.45, 7) is 3.31. The molecule has 0 radical (unpaired) electrons. The molecule has 0 amide bonds. The number of hydrogen-bond acceptors (Lipinski definition) is 3. The molecule has 0 unspecified atom stereocenters. The van der Waals surface area contributed by atoms with Gasteiger partial charge in [-0.2, -0.15) is 0 Å². The molecule has 19 heavy (non-hydrogen) atoms. The smallest absolute Gasteiger partial charge is 0.120 e. The van der Waals surface area contributed by atoms with Gasteiger partial charge in [0, 0.05) is 23.7 Å². The Labute approximate surface area is 119 Å². The summed E-state index contributed by atoms with van der Waals surface area (Å²) in [4.78, 5) is 0. The largest absolute Gasteiger partial charge is 0.508 e. The normalized spacial score (nSPS) is 27.4. The van der Waals surface area contributed by atoms with Crippen molar-refractivity contribution >= 4 is 11.6 Å². The van der Waals surface area contributed by atoms with Crippen LogP contribution >= 0.6 is 11.6 Å². The molecule has 0 aromatic heterocycles. The van der Waals surface area contributed by atoms with Crippen LogP contribution in [0.2, 0.25) is 5.02 Å². The number of hydrogen-bond donors (Lipinski definition) is 3. The van der Waals surface area contributed by atoms with E-state index in [4.69, 9.17) is 11.6 Å². The monoisotopic (exact) mass is 283 g/mol. The number of halogens is 1. The number of aliphatic hydroxyl groups is 1. The van der Waals surface area contributed by atoms with Crippen LogP contribution < -0.4 is 5.32 Å². The molecule has 0 spiro atoms. The van der Waals surface area contributed by atoms with Gasteiger partial charge in [0.2, 0.25) is 0 Å². The van der Waals surface area contributed by atoms with E-state index >= 15 is 0 Å². The second-order valence-corrected chi connectivity index (χ2v) is 6.22. The molecular weight excluding hydrogens is 262 g/mol. The van der Waals surface area contributed by atoms with Gasteiger partial charge in [-0.1, -0.05) is 18.5 Å². The van der Waals surface area contributed by atoms with Gasteiger partial charge in [0.15, 0.2) is 0 Å². The summed E-state index contributed by atoms with van der Waals surface area (Å²) in [6.07, 6.45) is 3.87. The van der Waals surface area contributed by atoms with E-state index in [2.05, 4.69) is 12.2 Å². The lowest BCUT2D eigenvalue weighted by molar-refractivity contribution is -0.00633. The van der Waals surface area contributed by atoms with Gasteiger partial charge in [-0.3, -0.25) is 0 Å². The SMILES string of the molecule is CC1CCC(O)(CNCc2cc(Cl)ccc2O)CC1. The summed E-state index contributed by atoms with van der Waals surface area (Å²) in [7, 11) is 0. The fourth-order valence-corrected chi connectivity index (χ4v) is 2.80. The maximum absolute atomic E-state index is 10.4. The Morgan fingerprint density at radius 1 is 1.37 bits per heavy atom. The standard InChI is InChI=1S/C15H22ClNO2/c1-11-4-6-15(19,7-5-11)10-17-9-12-8-13(16)2-3-14(12)18/h2-3,8,11,17-19H,4-7,9-10H2,1H3. The van der Waals surface area contributed by atoms with E-state index in [1.165, 1.54) is 0 Å². The van der Waals surface area contributed by atoms with E-state index in [-0.39, 0.29) is 5.75 Å². The van der Waals surface area contributed by atoms with Crippen LogP contribution in [0.5, 0.6) is 5.75 Å². The number of rotatable bonds is 4. The predicted molar refractivity (Wildman–Crippen MR) is 77.4 cm³/mol. The first-order chi connectivity index (χ1) is 8.98. The molecule has 1 fully saturated rings. The van der Waals surface area contributed by atoms with E-state index in [0.717, 1.165) is 37.2 Å². The van der Waals surface area contributed by atoms with Gasteiger partial charge in [-0.05, 0) is 49.8 Å². The summed E-state index contributed by atoms with van der Waals surface area (Å²) >= 11 is 5.90. The van der Waals surface area contributed by atoms with Crippen LogP contribution in [0.1, 0.15) is 38.2 Å². The third-order valence-electron chi connectivity index (χ3n) is 4.02. The highest BCUT2D eigenvalue weighted by atomic mass is 35.5. The van der Waals surface area contributed by atoms with E-state index < -0.39 is 5.60 Å². The van der Waals surface area contributed by atoms with Gasteiger partial charge in [0.1, 0.15) is 5.75 Å². The second kappa shape index (κ2) is 6.12. The van der Waals surface area contributed by atoms with Gasteiger partial charge in [0.25, 0.3) is 0 Å². The summed E-state index contributed by atoms with van der Waals surface area (Å²) < 4.78 is 0. The maximum Gasteiger partial charge on any atom is 0.120 e. The first-order valence-electron chi connectivity index (χ1n) is 6.89. The van der Waals surface area contributed by atoms with Gasteiger partial charge < -0.3 is 15.5 Å². The van der Waals surface area contributed by atoms with Gasteiger partial charge in [-0.25, -0.2) is 0 Å². The van der Waals surface area contributed by atoms with Crippen LogP contribution in [0.25, 0.3) is 0 Å². The van der Waals surface area contributed by atoms with E-state index in [9.17, 15) is 10.2 Å². The van der Waals surface area contributed by atoms with E-state index in [1.807, 2.05) is 0 Å². The molecule has 0 saturated heterocycles. The quantitative estimate of drug-likeness (QED) is 0.796. The lowest BCUT2D eigenvalue weighted by atomic mass is 9.79. The molecule has 2 rings (SSSR count). The Morgan fingerprint density at radius 3 is 2.74 bits per heavy atom. The number of phenols is 1. The lowest BCUT2D eigenvalue weighted by Crippen LogP contribution is -2.43. The molecule has 3 nitrogen and oxygen atoms in total. The summed E-state index contributed by atoms with van der Waals surface area (Å²) in [5, 5.41) is 24.0. The zero-order valence-electron chi connectivity index (χ0n) is 11.3. The van der Waals surface area contributed by atoms with Gasteiger partial charge >= 0.3 is 0 Å². The fourth-order valence-electron chi connectivity index (χ4n) is 2.60. The number of benzene rings is 1. The highest BCUT2D eigenvalue weighted by Crippen LogP contribution is 2.31. The Kier molecular flexibility index (Phi) is 4.71. The van der Waals surface area contributed by atoms with Crippen LogP contribution in [-0.4, -0.2) is 22.4 Å². The molecule has 4 heteroatoms. The van der Waals surface area contributed by atoms with Crippen molar-refractivity contribution in [2.75, 3.05) is 6.54 Å². The average molecular weight is 284 g/mol. The summed E-state index contributed by atoms with van der Waals surface area (Å²) in [6, 6.07) is 5.00. The lowest BCUT2D eigenvalue weighted by Gasteiger charge is -2.35. The van der Waals surface area contributed by atoms with Crippen molar-refractivity contribution in [1.82, 2.24) is 5.32 Å². The molecule has 1 saturated carbocycles. The molecule has 0 atom stereocenters. The van der Waals surface area contributed by atoms with Crippen molar-refractivity contribution in [2.24, 2.45) is 5.92 Å². The molecule has 1 aromatic rings. The maximum atomic E-state index is 10.4. The Bertz CT molecular complexity index is 428. The van der Waals surface area contributed by atoms with Crippen molar-refractivity contribution in [1.29, 1.82) is 0 Å². The Morgan fingerprint density at radius 2 is 2.05 bits per heavy atom. The van der Waals surface area contributed by atoms with Crippen LogP contribution in [0.4, 0.5) is 0 Å². The van der Waals surface area contributed by atoms with Crippen molar-refractivity contribution < 1.29 is 10.2 Å². The number of nitrogens with one attached hydrogen (secondary N) is 1. The highest BCUT2D eigenvalue weighted by molar-refractivity contribution is 6.30. The number of phenolic OH excluding ortho intramolecular Hbond substituents is 1. The average Bonchev–Trinajstić information content (AvgIpc) is 2.38. The van der Waals surface area contributed by atoms with Crippen molar-refractivity contribution in [3.63, 3.8) is 0 Å². The molecule has 1 aliphatic rings. The first kappa shape index (κ1) is 14.6. The molecule has 106 valence electrons. The van der Waals surface area contributed by atoms with Crippen molar-refractivity contribution in [2.45, 2.75) is 44.8 Å². The van der Waals surface area contributed by atoms with E-state index in [1.54, 1.807) is 18.2 Å². The Balaban J connectivity index is 1.84. The zero-order valence-corrected chi connectivity index (χ0v) is 12.1. The summed E-state index contributed by atoms with van der Waals surface area (Å²) in [5.41, 5.74) is 0.168. The molecule has 0 heterocycles. The van der Waals surface area contributed by atoms with Gasteiger partial charge in [-0.15, -0.1) is 0 Å². The zero-order chi connectivity index (χ0) is 13.9. The van der Waals surface area contributed by atoms with Gasteiger partial charge in [0.05, 0.1) is 5.60 Å². The minimum atomic E-state index is -0.597. The highest BCUT2D eigenvalue weighted by Gasteiger charge is 2.31.